The highest BCUT2D eigenvalue weighted by Gasteiger charge is 2.16. The van der Waals surface area contributed by atoms with Crippen LogP contribution < -0.4 is 10.1 Å². The summed E-state index contributed by atoms with van der Waals surface area (Å²) in [5.74, 6) is 0.0445. The van der Waals surface area contributed by atoms with Gasteiger partial charge in [0.2, 0.25) is 11.8 Å². The van der Waals surface area contributed by atoms with Crippen molar-refractivity contribution < 1.29 is 19.0 Å². The average molecular weight is 380 g/mol. The van der Waals surface area contributed by atoms with Crippen molar-refractivity contribution in [3.63, 3.8) is 0 Å². The first kappa shape index (κ1) is 19.5. The lowest BCUT2D eigenvalue weighted by atomic mass is 9.97. The highest BCUT2D eigenvalue weighted by molar-refractivity contribution is 5.93. The lowest BCUT2D eigenvalue weighted by molar-refractivity contribution is -0.115. The summed E-state index contributed by atoms with van der Waals surface area (Å²) >= 11 is 0. The number of amides is 1. The fourth-order valence-corrected chi connectivity index (χ4v) is 2.59. The molecule has 5 nitrogen and oxygen atoms in total. The van der Waals surface area contributed by atoms with Gasteiger partial charge in [0.25, 0.3) is 0 Å². The predicted octanol–water partition coefficient (Wildman–Crippen LogP) is 4.42. The first-order valence-corrected chi connectivity index (χ1v) is 8.81. The third-order valence-corrected chi connectivity index (χ3v) is 4.10. The fourth-order valence-electron chi connectivity index (χ4n) is 2.59. The SMILES string of the molecule is CC(C)(O)c1ccc(CC(=O)Nc2cccnc2Oc2ccc(F)cc2)cc1. The van der Waals surface area contributed by atoms with Crippen molar-refractivity contribution in [2.24, 2.45) is 0 Å². The number of anilines is 1. The smallest absolute Gasteiger partial charge is 0.243 e. The Kier molecular flexibility index (Phi) is 5.70. The largest absolute Gasteiger partial charge is 0.437 e. The van der Waals surface area contributed by atoms with Gasteiger partial charge in [-0.3, -0.25) is 4.79 Å². The number of rotatable bonds is 6. The fraction of sp³-hybridized carbons (Fsp3) is 0.182. The number of nitrogens with one attached hydrogen (secondary N) is 1. The van der Waals surface area contributed by atoms with E-state index >= 15 is 0 Å². The van der Waals surface area contributed by atoms with E-state index in [-0.39, 0.29) is 24.0 Å². The van der Waals surface area contributed by atoms with Crippen molar-refractivity contribution in [2.45, 2.75) is 25.9 Å². The molecule has 0 saturated heterocycles. The number of aromatic nitrogens is 1. The second-order valence-electron chi connectivity index (χ2n) is 6.89. The number of hydrogen-bond donors (Lipinski definition) is 2. The molecule has 0 aliphatic rings. The molecule has 1 heterocycles. The predicted molar refractivity (Wildman–Crippen MR) is 105 cm³/mol. The number of carbonyl (C=O) groups excluding carboxylic acids is 1. The van der Waals surface area contributed by atoms with Crippen LogP contribution in [0, 0.1) is 5.82 Å². The van der Waals surface area contributed by atoms with Gasteiger partial charge in [-0.15, -0.1) is 0 Å². The van der Waals surface area contributed by atoms with Crippen LogP contribution in [-0.4, -0.2) is 16.0 Å². The van der Waals surface area contributed by atoms with E-state index in [9.17, 15) is 14.3 Å². The Morgan fingerprint density at radius 2 is 1.79 bits per heavy atom. The average Bonchev–Trinajstić information content (AvgIpc) is 2.65. The Morgan fingerprint density at radius 3 is 2.43 bits per heavy atom. The van der Waals surface area contributed by atoms with Crippen LogP contribution in [0.1, 0.15) is 25.0 Å². The third-order valence-electron chi connectivity index (χ3n) is 4.10. The molecule has 6 heteroatoms. The highest BCUT2D eigenvalue weighted by atomic mass is 19.1. The van der Waals surface area contributed by atoms with Gasteiger partial charge in [-0.05, 0) is 61.4 Å². The van der Waals surface area contributed by atoms with E-state index in [1.165, 1.54) is 24.3 Å². The molecule has 28 heavy (non-hydrogen) atoms. The Labute approximate surface area is 162 Å². The second kappa shape index (κ2) is 8.19. The third kappa shape index (κ3) is 5.14. The maximum Gasteiger partial charge on any atom is 0.243 e. The van der Waals surface area contributed by atoms with Gasteiger partial charge in [0.15, 0.2) is 0 Å². The molecular formula is C22H21FN2O3. The zero-order valence-corrected chi connectivity index (χ0v) is 15.6. The summed E-state index contributed by atoms with van der Waals surface area (Å²) in [5.41, 5.74) is 1.09. The van der Waals surface area contributed by atoms with Gasteiger partial charge in [0, 0.05) is 6.20 Å². The minimum absolute atomic E-state index is 0.164. The Balaban J connectivity index is 1.68. The molecule has 0 atom stereocenters. The highest BCUT2D eigenvalue weighted by Crippen LogP contribution is 2.27. The summed E-state index contributed by atoms with van der Waals surface area (Å²) in [6, 6.07) is 16.1. The summed E-state index contributed by atoms with van der Waals surface area (Å²) in [5, 5.41) is 12.8. The van der Waals surface area contributed by atoms with Crippen LogP contribution in [0.2, 0.25) is 0 Å². The number of aliphatic hydroxyl groups is 1. The molecule has 3 aromatic rings. The number of pyridine rings is 1. The van der Waals surface area contributed by atoms with Gasteiger partial charge in [-0.1, -0.05) is 24.3 Å². The molecule has 0 unspecified atom stereocenters. The van der Waals surface area contributed by atoms with Crippen LogP contribution >= 0.6 is 0 Å². The van der Waals surface area contributed by atoms with E-state index in [4.69, 9.17) is 4.74 Å². The van der Waals surface area contributed by atoms with Crippen LogP contribution in [0.25, 0.3) is 0 Å². The van der Waals surface area contributed by atoms with E-state index in [1.807, 2.05) is 12.1 Å². The molecule has 1 amide bonds. The minimum atomic E-state index is -0.927. The number of halogens is 1. The van der Waals surface area contributed by atoms with Crippen molar-refractivity contribution in [3.8, 4) is 11.6 Å². The van der Waals surface area contributed by atoms with E-state index in [0.29, 0.717) is 11.4 Å². The monoisotopic (exact) mass is 380 g/mol. The van der Waals surface area contributed by atoms with E-state index in [2.05, 4.69) is 10.3 Å². The summed E-state index contributed by atoms with van der Waals surface area (Å²) in [7, 11) is 0. The van der Waals surface area contributed by atoms with Gasteiger partial charge in [0.05, 0.1) is 12.0 Å². The molecule has 0 aliphatic carbocycles. The second-order valence-corrected chi connectivity index (χ2v) is 6.89. The van der Waals surface area contributed by atoms with E-state index < -0.39 is 5.60 Å². The van der Waals surface area contributed by atoms with Crippen molar-refractivity contribution in [1.82, 2.24) is 4.98 Å². The molecule has 2 aromatic carbocycles. The van der Waals surface area contributed by atoms with Gasteiger partial charge in [-0.2, -0.15) is 0 Å². The topological polar surface area (TPSA) is 71.5 Å². The zero-order chi connectivity index (χ0) is 20.1. The molecule has 0 aliphatic heterocycles. The minimum Gasteiger partial charge on any atom is -0.437 e. The van der Waals surface area contributed by atoms with Gasteiger partial charge in [-0.25, -0.2) is 9.37 Å². The number of carbonyl (C=O) groups is 1. The van der Waals surface area contributed by atoms with Crippen molar-refractivity contribution in [2.75, 3.05) is 5.32 Å². The number of ether oxygens (including phenoxy) is 1. The summed E-state index contributed by atoms with van der Waals surface area (Å²) in [4.78, 5) is 16.6. The van der Waals surface area contributed by atoms with Crippen molar-refractivity contribution >= 4 is 11.6 Å². The first-order valence-electron chi connectivity index (χ1n) is 8.81. The molecule has 2 N–H and O–H groups in total. The van der Waals surface area contributed by atoms with Crippen LogP contribution in [0.15, 0.2) is 66.9 Å². The zero-order valence-electron chi connectivity index (χ0n) is 15.6. The molecule has 0 spiro atoms. The standard InChI is InChI=1S/C22H21FN2O3/c1-22(2,27)16-7-5-15(6-8-16)14-20(26)25-19-4-3-13-24-21(19)28-18-11-9-17(23)10-12-18/h3-13,27H,14H2,1-2H3,(H,25,26). The number of hydrogen-bond acceptors (Lipinski definition) is 4. The number of nitrogens with zero attached hydrogens (tertiary/aromatic N) is 1. The summed E-state index contributed by atoms with van der Waals surface area (Å²) in [6.45, 7) is 3.42. The molecule has 3 rings (SSSR count). The lowest BCUT2D eigenvalue weighted by Gasteiger charge is -2.17. The molecule has 0 radical (unpaired) electrons. The van der Waals surface area contributed by atoms with E-state index in [1.54, 1.807) is 44.3 Å². The van der Waals surface area contributed by atoms with E-state index in [0.717, 1.165) is 11.1 Å². The molecular weight excluding hydrogens is 359 g/mol. The lowest BCUT2D eigenvalue weighted by Crippen LogP contribution is -2.17. The van der Waals surface area contributed by atoms with Gasteiger partial charge >= 0.3 is 0 Å². The normalized spacial score (nSPS) is 11.1. The van der Waals surface area contributed by atoms with Crippen LogP contribution in [0.4, 0.5) is 10.1 Å². The van der Waals surface area contributed by atoms with Crippen molar-refractivity contribution in [1.29, 1.82) is 0 Å². The van der Waals surface area contributed by atoms with Crippen LogP contribution in [0.5, 0.6) is 11.6 Å². The Bertz CT molecular complexity index is 949. The molecule has 0 saturated carbocycles. The number of benzene rings is 2. The van der Waals surface area contributed by atoms with Crippen molar-refractivity contribution in [3.05, 3.63) is 83.8 Å². The van der Waals surface area contributed by atoms with Crippen LogP contribution in [-0.2, 0) is 16.8 Å². The molecule has 144 valence electrons. The maximum atomic E-state index is 13.0. The Hall–Kier alpha value is -3.25. The summed E-state index contributed by atoms with van der Waals surface area (Å²) < 4.78 is 18.7. The quantitative estimate of drug-likeness (QED) is 0.664. The maximum absolute atomic E-state index is 13.0. The summed E-state index contributed by atoms with van der Waals surface area (Å²) in [6.07, 6.45) is 1.71. The molecule has 0 bridgehead atoms. The van der Waals surface area contributed by atoms with Gasteiger partial charge in [0.1, 0.15) is 17.3 Å². The first-order chi connectivity index (χ1) is 13.3. The van der Waals surface area contributed by atoms with Crippen LogP contribution in [0.3, 0.4) is 0 Å². The molecule has 0 fully saturated rings. The molecule has 1 aromatic heterocycles. The van der Waals surface area contributed by atoms with Gasteiger partial charge < -0.3 is 15.2 Å². The Morgan fingerprint density at radius 1 is 1.11 bits per heavy atom.